The molecule has 0 aliphatic rings. The smallest absolute Gasteiger partial charge is 0.160 e. The van der Waals surface area contributed by atoms with E-state index in [9.17, 15) is 8.78 Å². The van der Waals surface area contributed by atoms with Gasteiger partial charge in [-0.15, -0.1) is 0 Å². The van der Waals surface area contributed by atoms with Crippen LogP contribution in [-0.4, -0.2) is 7.05 Å². The van der Waals surface area contributed by atoms with Crippen molar-refractivity contribution < 1.29 is 8.78 Å². The van der Waals surface area contributed by atoms with Crippen molar-refractivity contribution in [3.05, 3.63) is 68.2 Å². The van der Waals surface area contributed by atoms with Crippen LogP contribution in [0.1, 0.15) is 22.7 Å². The minimum atomic E-state index is -0.945. The lowest BCUT2D eigenvalue weighted by molar-refractivity contribution is 0.505. The molecule has 0 aliphatic heterocycles. The first-order chi connectivity index (χ1) is 9.42. The number of nitrogens with one attached hydrogen (secondary N) is 1. The van der Waals surface area contributed by atoms with Crippen molar-refractivity contribution in [1.82, 2.24) is 5.32 Å². The molecule has 0 aromatic heterocycles. The first-order valence-corrected chi connectivity index (χ1v) is 7.18. The second kappa shape index (κ2) is 6.20. The Morgan fingerprint density at radius 1 is 1.10 bits per heavy atom. The molecule has 0 amide bonds. The minimum Gasteiger partial charge on any atom is -0.309 e. The Labute approximate surface area is 130 Å². The SMILES string of the molecule is CNC(c1cc(C)cc(Br)c1)c1cc(F)c(F)cc1Cl. The van der Waals surface area contributed by atoms with Crippen LogP contribution < -0.4 is 5.32 Å². The number of halogens is 4. The predicted molar refractivity (Wildman–Crippen MR) is 81.1 cm³/mol. The molecule has 0 bridgehead atoms. The summed E-state index contributed by atoms with van der Waals surface area (Å²) in [4.78, 5) is 0. The van der Waals surface area contributed by atoms with Gasteiger partial charge in [-0.2, -0.15) is 0 Å². The highest BCUT2D eigenvalue weighted by Crippen LogP contribution is 2.31. The fraction of sp³-hybridized carbons (Fsp3) is 0.200. The van der Waals surface area contributed by atoms with Crippen LogP contribution in [0.5, 0.6) is 0 Å². The lowest BCUT2D eigenvalue weighted by atomic mass is 9.97. The van der Waals surface area contributed by atoms with E-state index < -0.39 is 11.6 Å². The van der Waals surface area contributed by atoms with Crippen molar-refractivity contribution >= 4 is 27.5 Å². The van der Waals surface area contributed by atoms with Crippen molar-refractivity contribution in [2.24, 2.45) is 0 Å². The summed E-state index contributed by atoms with van der Waals surface area (Å²) in [6, 6.07) is 7.70. The zero-order valence-corrected chi connectivity index (χ0v) is 13.3. The van der Waals surface area contributed by atoms with E-state index in [1.54, 1.807) is 7.05 Å². The van der Waals surface area contributed by atoms with Gasteiger partial charge in [0.05, 0.1) is 6.04 Å². The monoisotopic (exact) mass is 359 g/mol. The Bertz CT molecular complexity index is 626. The van der Waals surface area contributed by atoms with Gasteiger partial charge in [0.2, 0.25) is 0 Å². The van der Waals surface area contributed by atoms with Crippen LogP contribution in [0.2, 0.25) is 5.02 Å². The average Bonchev–Trinajstić information content (AvgIpc) is 2.35. The van der Waals surface area contributed by atoms with E-state index in [0.717, 1.165) is 27.7 Å². The van der Waals surface area contributed by atoms with Crippen molar-refractivity contribution in [3.8, 4) is 0 Å². The fourth-order valence-electron chi connectivity index (χ4n) is 2.19. The summed E-state index contributed by atoms with van der Waals surface area (Å²) in [5, 5.41) is 3.28. The maximum atomic E-state index is 13.5. The summed E-state index contributed by atoms with van der Waals surface area (Å²) < 4.78 is 27.6. The second-order valence-corrected chi connectivity index (χ2v) is 5.89. The van der Waals surface area contributed by atoms with Gasteiger partial charge in [-0.05, 0) is 54.9 Å². The van der Waals surface area contributed by atoms with Crippen LogP contribution >= 0.6 is 27.5 Å². The summed E-state index contributed by atoms with van der Waals surface area (Å²) >= 11 is 9.48. The highest BCUT2D eigenvalue weighted by Gasteiger charge is 2.18. The maximum absolute atomic E-state index is 13.5. The Morgan fingerprint density at radius 2 is 1.75 bits per heavy atom. The molecular weight excluding hydrogens is 348 g/mol. The van der Waals surface area contributed by atoms with E-state index in [4.69, 9.17) is 11.6 Å². The topological polar surface area (TPSA) is 12.0 Å². The van der Waals surface area contributed by atoms with Crippen LogP contribution in [-0.2, 0) is 0 Å². The first kappa shape index (κ1) is 15.4. The third-order valence-corrected chi connectivity index (χ3v) is 3.82. The van der Waals surface area contributed by atoms with E-state index in [1.165, 1.54) is 0 Å². The third-order valence-electron chi connectivity index (χ3n) is 3.04. The number of hydrogen-bond donors (Lipinski definition) is 1. The molecule has 106 valence electrons. The van der Waals surface area contributed by atoms with Gasteiger partial charge in [0.15, 0.2) is 11.6 Å². The van der Waals surface area contributed by atoms with Crippen molar-refractivity contribution in [1.29, 1.82) is 0 Å². The van der Waals surface area contributed by atoms with Gasteiger partial charge in [-0.1, -0.05) is 33.6 Å². The van der Waals surface area contributed by atoms with Gasteiger partial charge in [0.25, 0.3) is 0 Å². The van der Waals surface area contributed by atoms with Crippen molar-refractivity contribution in [3.63, 3.8) is 0 Å². The zero-order valence-electron chi connectivity index (χ0n) is 11.0. The number of aryl methyl sites for hydroxylation is 1. The van der Waals surface area contributed by atoms with Crippen LogP contribution in [0.15, 0.2) is 34.8 Å². The lowest BCUT2D eigenvalue weighted by Crippen LogP contribution is -2.18. The van der Waals surface area contributed by atoms with Crippen LogP contribution in [0.4, 0.5) is 8.78 Å². The molecule has 1 atom stereocenters. The Kier molecular flexibility index (Phi) is 4.78. The molecule has 0 heterocycles. The summed E-state index contributed by atoms with van der Waals surface area (Å²) in [6.07, 6.45) is 0. The molecule has 0 saturated carbocycles. The molecular formula is C15H13BrClF2N. The molecule has 0 saturated heterocycles. The summed E-state index contributed by atoms with van der Waals surface area (Å²) in [5.41, 5.74) is 2.49. The van der Waals surface area contributed by atoms with E-state index in [1.807, 2.05) is 25.1 Å². The molecule has 20 heavy (non-hydrogen) atoms. The number of benzene rings is 2. The van der Waals surface area contributed by atoms with Gasteiger partial charge in [0, 0.05) is 9.50 Å². The zero-order chi connectivity index (χ0) is 14.9. The summed E-state index contributed by atoms with van der Waals surface area (Å²) in [7, 11) is 1.75. The summed E-state index contributed by atoms with van der Waals surface area (Å²) in [6.45, 7) is 1.97. The molecule has 0 fully saturated rings. The molecule has 1 unspecified atom stereocenters. The third kappa shape index (κ3) is 3.19. The van der Waals surface area contributed by atoms with E-state index in [-0.39, 0.29) is 11.1 Å². The average molecular weight is 361 g/mol. The molecule has 0 spiro atoms. The van der Waals surface area contributed by atoms with Gasteiger partial charge in [-0.3, -0.25) is 0 Å². The molecule has 1 nitrogen and oxygen atoms in total. The van der Waals surface area contributed by atoms with E-state index in [2.05, 4.69) is 21.2 Å². The highest BCUT2D eigenvalue weighted by molar-refractivity contribution is 9.10. The minimum absolute atomic E-state index is 0.195. The van der Waals surface area contributed by atoms with Crippen molar-refractivity contribution in [2.45, 2.75) is 13.0 Å². The lowest BCUT2D eigenvalue weighted by Gasteiger charge is -2.19. The number of rotatable bonds is 3. The van der Waals surface area contributed by atoms with Gasteiger partial charge < -0.3 is 5.32 Å². The second-order valence-electron chi connectivity index (χ2n) is 4.57. The van der Waals surface area contributed by atoms with E-state index >= 15 is 0 Å². The highest BCUT2D eigenvalue weighted by atomic mass is 79.9. The predicted octanol–water partition coefficient (Wildman–Crippen LogP) is 5.00. The van der Waals surface area contributed by atoms with Crippen molar-refractivity contribution in [2.75, 3.05) is 7.05 Å². The molecule has 5 heteroatoms. The van der Waals surface area contributed by atoms with E-state index in [0.29, 0.717) is 5.56 Å². The number of hydrogen-bond acceptors (Lipinski definition) is 1. The van der Waals surface area contributed by atoms with Gasteiger partial charge in [0.1, 0.15) is 0 Å². The Balaban J connectivity index is 2.55. The maximum Gasteiger partial charge on any atom is 0.160 e. The molecule has 0 aliphatic carbocycles. The molecule has 2 aromatic carbocycles. The molecule has 2 rings (SSSR count). The summed E-state index contributed by atoms with van der Waals surface area (Å²) in [5.74, 6) is -1.85. The Morgan fingerprint density at radius 3 is 2.35 bits per heavy atom. The Hall–Kier alpha value is -0.970. The van der Waals surface area contributed by atoms with Gasteiger partial charge in [-0.25, -0.2) is 8.78 Å². The molecule has 2 aromatic rings. The molecule has 0 radical (unpaired) electrons. The standard InChI is InChI=1S/C15H13BrClF2N/c1-8-3-9(5-10(16)4-8)15(20-2)11-6-13(18)14(19)7-12(11)17/h3-7,15,20H,1-2H3. The quantitative estimate of drug-likeness (QED) is 0.760. The largest absolute Gasteiger partial charge is 0.309 e. The van der Waals surface area contributed by atoms with Crippen LogP contribution in [0.25, 0.3) is 0 Å². The van der Waals surface area contributed by atoms with Crippen LogP contribution in [0.3, 0.4) is 0 Å². The van der Waals surface area contributed by atoms with Gasteiger partial charge >= 0.3 is 0 Å². The fourth-order valence-corrected chi connectivity index (χ4v) is 3.08. The molecule has 1 N–H and O–H groups in total. The van der Waals surface area contributed by atoms with Crippen LogP contribution in [0, 0.1) is 18.6 Å². The normalized spacial score (nSPS) is 12.5. The first-order valence-electron chi connectivity index (χ1n) is 6.01.